The van der Waals surface area contributed by atoms with Crippen LogP contribution in [0.4, 0.5) is 0 Å². The van der Waals surface area contributed by atoms with Crippen LogP contribution in [0.3, 0.4) is 0 Å². The lowest BCUT2D eigenvalue weighted by atomic mass is 9.85. The SMILES string of the molecule is CCOC(=O)C(C(=O)OCC)[C@H](C=C[C@H](C)O[Si](C)(C)C(C)(C)C)c1ccccc1. The minimum atomic E-state index is -1.95. The normalized spacial score (nSPS) is 14.6. The zero-order valence-electron chi connectivity index (χ0n) is 19.7. The molecular formula is C24H38O5Si. The van der Waals surface area contributed by atoms with Crippen molar-refractivity contribution in [2.45, 2.75) is 71.7 Å². The fraction of sp³-hybridized carbons (Fsp3) is 0.583. The first-order valence-corrected chi connectivity index (χ1v) is 13.6. The molecule has 0 aliphatic rings. The maximum atomic E-state index is 12.7. The molecule has 0 unspecified atom stereocenters. The van der Waals surface area contributed by atoms with Crippen molar-refractivity contribution < 1.29 is 23.5 Å². The van der Waals surface area contributed by atoms with Crippen LogP contribution in [0, 0.1) is 5.92 Å². The van der Waals surface area contributed by atoms with E-state index in [2.05, 4.69) is 33.9 Å². The van der Waals surface area contributed by atoms with Crippen molar-refractivity contribution in [1.82, 2.24) is 0 Å². The molecule has 1 aromatic carbocycles. The van der Waals surface area contributed by atoms with E-state index in [4.69, 9.17) is 13.9 Å². The van der Waals surface area contributed by atoms with Crippen LogP contribution in [0.15, 0.2) is 42.5 Å². The first kappa shape index (κ1) is 26.1. The Balaban J connectivity index is 3.26. The molecule has 0 heterocycles. The van der Waals surface area contributed by atoms with Gasteiger partial charge in [0.25, 0.3) is 0 Å². The molecule has 30 heavy (non-hydrogen) atoms. The summed E-state index contributed by atoms with van der Waals surface area (Å²) >= 11 is 0. The summed E-state index contributed by atoms with van der Waals surface area (Å²) in [6.45, 7) is 16.8. The lowest BCUT2D eigenvalue weighted by Gasteiger charge is -2.38. The topological polar surface area (TPSA) is 61.8 Å². The summed E-state index contributed by atoms with van der Waals surface area (Å²) in [5, 5.41) is 0.0896. The Labute approximate surface area is 182 Å². The quantitative estimate of drug-likeness (QED) is 0.211. The molecule has 0 aromatic heterocycles. The minimum absolute atomic E-state index is 0.0896. The van der Waals surface area contributed by atoms with Gasteiger partial charge in [-0.2, -0.15) is 0 Å². The molecule has 1 aromatic rings. The van der Waals surface area contributed by atoms with Crippen LogP contribution in [0.5, 0.6) is 0 Å². The largest absolute Gasteiger partial charge is 0.465 e. The van der Waals surface area contributed by atoms with Crippen molar-refractivity contribution in [3.05, 3.63) is 48.0 Å². The van der Waals surface area contributed by atoms with Gasteiger partial charge in [-0.15, -0.1) is 0 Å². The predicted molar refractivity (Wildman–Crippen MR) is 123 cm³/mol. The molecule has 0 saturated carbocycles. The Morgan fingerprint density at radius 3 is 1.90 bits per heavy atom. The molecule has 6 heteroatoms. The van der Waals surface area contributed by atoms with Gasteiger partial charge in [-0.05, 0) is 44.5 Å². The van der Waals surface area contributed by atoms with E-state index in [-0.39, 0.29) is 24.4 Å². The second-order valence-electron chi connectivity index (χ2n) is 8.89. The summed E-state index contributed by atoms with van der Waals surface area (Å²) < 4.78 is 16.8. The highest BCUT2D eigenvalue weighted by molar-refractivity contribution is 6.74. The van der Waals surface area contributed by atoms with Crippen LogP contribution in [0.25, 0.3) is 0 Å². The summed E-state index contributed by atoms with van der Waals surface area (Å²) in [4.78, 5) is 25.4. The fourth-order valence-electron chi connectivity index (χ4n) is 2.90. The number of rotatable bonds is 10. The number of hydrogen-bond donors (Lipinski definition) is 0. The van der Waals surface area contributed by atoms with Gasteiger partial charge in [0, 0.05) is 5.92 Å². The molecule has 168 valence electrons. The summed E-state index contributed by atoms with van der Waals surface area (Å²) in [5.74, 6) is -2.72. The summed E-state index contributed by atoms with van der Waals surface area (Å²) in [5.41, 5.74) is 0.847. The monoisotopic (exact) mass is 434 g/mol. The number of hydrogen-bond acceptors (Lipinski definition) is 5. The number of carbonyl (C=O) groups excluding carboxylic acids is 2. The van der Waals surface area contributed by atoms with Gasteiger partial charge >= 0.3 is 11.9 Å². The lowest BCUT2D eigenvalue weighted by molar-refractivity contribution is -0.162. The van der Waals surface area contributed by atoms with Gasteiger partial charge < -0.3 is 13.9 Å². The second-order valence-corrected chi connectivity index (χ2v) is 13.6. The van der Waals surface area contributed by atoms with Crippen LogP contribution in [0.2, 0.25) is 18.1 Å². The lowest BCUT2D eigenvalue weighted by Crippen LogP contribution is -2.43. The first-order chi connectivity index (χ1) is 13.9. The van der Waals surface area contributed by atoms with Crippen LogP contribution in [-0.2, 0) is 23.5 Å². The number of esters is 2. The Morgan fingerprint density at radius 1 is 0.967 bits per heavy atom. The van der Waals surface area contributed by atoms with Crippen LogP contribution < -0.4 is 0 Å². The Hall–Kier alpha value is -1.92. The van der Waals surface area contributed by atoms with E-state index in [0.717, 1.165) is 5.56 Å². The van der Waals surface area contributed by atoms with Gasteiger partial charge in [0.05, 0.1) is 19.3 Å². The molecule has 0 saturated heterocycles. The van der Waals surface area contributed by atoms with E-state index >= 15 is 0 Å². The molecule has 0 amide bonds. The van der Waals surface area contributed by atoms with Gasteiger partial charge in [0.1, 0.15) is 0 Å². The molecule has 0 bridgehead atoms. The van der Waals surface area contributed by atoms with Gasteiger partial charge in [-0.25, -0.2) is 0 Å². The van der Waals surface area contributed by atoms with Gasteiger partial charge in [-0.3, -0.25) is 9.59 Å². The molecule has 0 aliphatic heterocycles. The zero-order chi connectivity index (χ0) is 22.9. The minimum Gasteiger partial charge on any atom is -0.465 e. The van der Waals surface area contributed by atoms with E-state index in [9.17, 15) is 9.59 Å². The summed E-state index contributed by atoms with van der Waals surface area (Å²) in [6, 6.07) is 9.48. The maximum absolute atomic E-state index is 12.7. The van der Waals surface area contributed by atoms with Crippen molar-refractivity contribution in [2.24, 2.45) is 5.92 Å². The number of carbonyl (C=O) groups is 2. The van der Waals surface area contributed by atoms with Crippen LogP contribution in [-0.4, -0.2) is 39.6 Å². The summed E-state index contributed by atoms with van der Waals surface area (Å²) in [7, 11) is -1.95. The molecule has 0 fully saturated rings. The maximum Gasteiger partial charge on any atom is 0.321 e. The van der Waals surface area contributed by atoms with Gasteiger partial charge in [-0.1, -0.05) is 63.3 Å². The molecule has 0 aliphatic carbocycles. The van der Waals surface area contributed by atoms with Crippen molar-refractivity contribution >= 4 is 20.3 Å². The third-order valence-corrected chi connectivity index (χ3v) is 10.1. The fourth-order valence-corrected chi connectivity index (χ4v) is 4.26. The standard InChI is InChI=1S/C24H38O5Si/c1-9-27-22(25)21(23(26)28-10-2)20(19-14-12-11-13-15-19)17-16-18(3)29-30(7,8)24(4,5)6/h11-18,20-21H,9-10H2,1-8H3/t18-,20+/m0/s1. The van der Waals surface area contributed by atoms with Crippen LogP contribution >= 0.6 is 0 Å². The average molecular weight is 435 g/mol. The highest BCUT2D eigenvalue weighted by atomic mass is 28.4. The number of allylic oxidation sites excluding steroid dienone is 1. The van der Waals surface area contributed by atoms with E-state index < -0.39 is 32.1 Å². The van der Waals surface area contributed by atoms with Crippen molar-refractivity contribution in [2.75, 3.05) is 13.2 Å². The van der Waals surface area contributed by atoms with Crippen LogP contribution in [0.1, 0.15) is 53.0 Å². The zero-order valence-corrected chi connectivity index (χ0v) is 20.7. The van der Waals surface area contributed by atoms with E-state index in [1.807, 2.05) is 49.4 Å². The average Bonchev–Trinajstić information content (AvgIpc) is 2.64. The third kappa shape index (κ3) is 7.40. The summed E-state index contributed by atoms with van der Waals surface area (Å²) in [6.07, 6.45) is 3.66. The molecule has 0 spiro atoms. The third-order valence-electron chi connectivity index (χ3n) is 5.50. The van der Waals surface area contributed by atoms with Crippen molar-refractivity contribution in [3.63, 3.8) is 0 Å². The van der Waals surface area contributed by atoms with Crippen molar-refractivity contribution in [1.29, 1.82) is 0 Å². The van der Waals surface area contributed by atoms with Gasteiger partial charge in [0.15, 0.2) is 14.2 Å². The number of ether oxygens (including phenoxy) is 2. The molecule has 5 nitrogen and oxygen atoms in total. The Morgan fingerprint density at radius 2 is 1.47 bits per heavy atom. The van der Waals surface area contributed by atoms with Crippen molar-refractivity contribution in [3.8, 4) is 0 Å². The smallest absolute Gasteiger partial charge is 0.321 e. The predicted octanol–water partition coefficient (Wildman–Crippen LogP) is 5.48. The molecular weight excluding hydrogens is 396 g/mol. The number of benzene rings is 1. The van der Waals surface area contributed by atoms with E-state index in [1.54, 1.807) is 13.8 Å². The Kier molecular flexibility index (Phi) is 9.98. The van der Waals surface area contributed by atoms with E-state index in [1.165, 1.54) is 0 Å². The van der Waals surface area contributed by atoms with Gasteiger partial charge in [0.2, 0.25) is 0 Å². The highest BCUT2D eigenvalue weighted by Gasteiger charge is 2.39. The highest BCUT2D eigenvalue weighted by Crippen LogP contribution is 2.37. The Bertz CT molecular complexity index is 688. The molecule has 0 radical (unpaired) electrons. The molecule has 2 atom stereocenters. The second kappa shape index (κ2) is 11.5. The molecule has 0 N–H and O–H groups in total. The first-order valence-electron chi connectivity index (χ1n) is 10.7. The molecule has 1 rings (SSSR count). The van der Waals surface area contributed by atoms with E-state index in [0.29, 0.717) is 0 Å².